The quantitative estimate of drug-likeness (QED) is 0.296. The molecule has 174 valence electrons. The van der Waals surface area contributed by atoms with Gasteiger partial charge in [-0.15, -0.1) is 0 Å². The third-order valence-electron chi connectivity index (χ3n) is 4.53. The minimum Gasteiger partial charge on any atom is -0.494 e. The van der Waals surface area contributed by atoms with E-state index in [2.05, 4.69) is 17.5 Å². The van der Waals surface area contributed by atoms with E-state index in [1.165, 1.54) is 13.1 Å². The van der Waals surface area contributed by atoms with Crippen molar-refractivity contribution in [2.75, 3.05) is 23.8 Å². The van der Waals surface area contributed by atoms with E-state index in [1.807, 2.05) is 31.2 Å². The van der Waals surface area contributed by atoms with Crippen LogP contribution in [0.25, 0.3) is 0 Å². The molecule has 1 amide bonds. The Kier molecular flexibility index (Phi) is 9.52. The van der Waals surface area contributed by atoms with Crippen LogP contribution in [0.5, 0.6) is 11.5 Å². The molecule has 2 rings (SSSR count). The highest BCUT2D eigenvalue weighted by Gasteiger charge is 2.29. The zero-order valence-electron chi connectivity index (χ0n) is 18.9. The van der Waals surface area contributed by atoms with Gasteiger partial charge in [-0.05, 0) is 74.4 Å². The van der Waals surface area contributed by atoms with Crippen LogP contribution in [-0.4, -0.2) is 46.1 Å². The van der Waals surface area contributed by atoms with Gasteiger partial charge in [0.15, 0.2) is 0 Å². The molecule has 0 aliphatic heterocycles. The van der Waals surface area contributed by atoms with Gasteiger partial charge >= 0.3 is 0 Å². The molecular formula is C23H31N3O5S. The lowest BCUT2D eigenvalue weighted by Crippen LogP contribution is -2.46. The van der Waals surface area contributed by atoms with Crippen LogP contribution in [0.4, 0.5) is 5.69 Å². The molecule has 1 N–H and O–H groups in total. The number of nitrogens with zero attached hydrogens (tertiary/aromatic N) is 2. The number of carbonyl (C=O) groups is 1. The molecule has 0 spiro atoms. The molecule has 0 saturated heterocycles. The van der Waals surface area contributed by atoms with E-state index >= 15 is 0 Å². The van der Waals surface area contributed by atoms with Gasteiger partial charge in [0.25, 0.3) is 5.91 Å². The van der Waals surface area contributed by atoms with Crippen LogP contribution in [0, 0.1) is 0 Å². The molecule has 8 nitrogen and oxygen atoms in total. The Balaban J connectivity index is 2.03. The molecule has 0 aliphatic rings. The summed E-state index contributed by atoms with van der Waals surface area (Å²) in [5.74, 6) is 0.834. The van der Waals surface area contributed by atoms with Crippen molar-refractivity contribution in [1.29, 1.82) is 0 Å². The summed E-state index contributed by atoms with van der Waals surface area (Å²) in [5, 5.41) is 3.96. The number of amides is 1. The Morgan fingerprint density at radius 2 is 1.66 bits per heavy atom. The first-order chi connectivity index (χ1) is 15.3. The maximum absolute atomic E-state index is 12.6. The molecule has 0 fully saturated rings. The van der Waals surface area contributed by atoms with E-state index in [0.717, 1.165) is 34.7 Å². The number of hydrazone groups is 1. The summed E-state index contributed by atoms with van der Waals surface area (Å²) < 4.78 is 36.8. The second kappa shape index (κ2) is 12.1. The molecule has 2 aromatic rings. The molecule has 0 bridgehead atoms. The molecule has 0 heterocycles. The van der Waals surface area contributed by atoms with Crippen molar-refractivity contribution in [2.45, 2.75) is 39.7 Å². The Morgan fingerprint density at radius 3 is 2.22 bits per heavy atom. The van der Waals surface area contributed by atoms with Crippen molar-refractivity contribution < 1.29 is 22.7 Å². The SMILES string of the molecule is CCCCOc1ccc(/C=N\NC(=O)[C@H](C)N(c2ccc(OCC)cc2)S(C)(=O)=O)cc1. The van der Waals surface area contributed by atoms with E-state index < -0.39 is 22.0 Å². The van der Waals surface area contributed by atoms with Gasteiger partial charge in [0, 0.05) is 0 Å². The van der Waals surface area contributed by atoms with Crippen LogP contribution < -0.4 is 19.2 Å². The molecular weight excluding hydrogens is 430 g/mol. The number of hydrogen-bond acceptors (Lipinski definition) is 6. The highest BCUT2D eigenvalue weighted by Crippen LogP contribution is 2.24. The zero-order chi connectivity index (χ0) is 23.6. The lowest BCUT2D eigenvalue weighted by molar-refractivity contribution is -0.121. The Hall–Kier alpha value is -3.07. The van der Waals surface area contributed by atoms with Crippen molar-refractivity contribution in [2.24, 2.45) is 5.10 Å². The number of hydrogen-bond donors (Lipinski definition) is 1. The standard InChI is InChI=1S/C23H31N3O5S/c1-5-7-16-31-22-12-8-19(9-13-22)17-24-25-23(27)18(3)26(32(4,28)29)20-10-14-21(15-11-20)30-6-2/h8-15,17-18H,5-7,16H2,1-4H3,(H,25,27)/b24-17-/t18-/m0/s1. The summed E-state index contributed by atoms with van der Waals surface area (Å²) in [5.41, 5.74) is 3.54. The number of carbonyl (C=O) groups excluding carboxylic acids is 1. The molecule has 0 saturated carbocycles. The van der Waals surface area contributed by atoms with Crippen molar-refractivity contribution in [3.8, 4) is 11.5 Å². The first kappa shape index (κ1) is 25.2. The summed E-state index contributed by atoms with van der Waals surface area (Å²) >= 11 is 0. The van der Waals surface area contributed by atoms with Crippen LogP contribution in [-0.2, 0) is 14.8 Å². The topological polar surface area (TPSA) is 97.3 Å². The van der Waals surface area contributed by atoms with E-state index in [9.17, 15) is 13.2 Å². The van der Waals surface area contributed by atoms with Gasteiger partial charge in [-0.1, -0.05) is 13.3 Å². The van der Waals surface area contributed by atoms with Crippen molar-refractivity contribution >= 4 is 27.8 Å². The fourth-order valence-electron chi connectivity index (χ4n) is 2.91. The third-order valence-corrected chi connectivity index (χ3v) is 5.77. The van der Waals surface area contributed by atoms with Gasteiger partial charge in [0.1, 0.15) is 17.5 Å². The first-order valence-electron chi connectivity index (χ1n) is 10.5. The number of sulfonamides is 1. The van der Waals surface area contributed by atoms with Crippen molar-refractivity contribution in [1.82, 2.24) is 5.43 Å². The predicted molar refractivity (Wildman–Crippen MR) is 127 cm³/mol. The fraction of sp³-hybridized carbons (Fsp3) is 0.391. The largest absolute Gasteiger partial charge is 0.494 e. The van der Waals surface area contributed by atoms with Gasteiger partial charge in [-0.25, -0.2) is 13.8 Å². The minimum absolute atomic E-state index is 0.362. The second-order valence-electron chi connectivity index (χ2n) is 7.17. The van der Waals surface area contributed by atoms with Crippen LogP contribution in [0.3, 0.4) is 0 Å². The first-order valence-corrected chi connectivity index (χ1v) is 12.4. The van der Waals surface area contributed by atoms with Crippen LogP contribution in [0.2, 0.25) is 0 Å². The smallest absolute Gasteiger partial charge is 0.263 e. The molecule has 0 aliphatic carbocycles. The number of anilines is 1. The van der Waals surface area contributed by atoms with E-state index in [0.29, 0.717) is 24.7 Å². The molecule has 2 aromatic carbocycles. The number of rotatable bonds is 12. The van der Waals surface area contributed by atoms with Crippen LogP contribution in [0.1, 0.15) is 39.2 Å². The predicted octanol–water partition coefficient (Wildman–Crippen LogP) is 3.57. The van der Waals surface area contributed by atoms with Crippen molar-refractivity contribution in [3.05, 3.63) is 54.1 Å². The molecule has 0 aromatic heterocycles. The minimum atomic E-state index is -3.71. The molecule has 9 heteroatoms. The van der Waals surface area contributed by atoms with Gasteiger partial charge in [-0.2, -0.15) is 5.10 Å². The van der Waals surface area contributed by atoms with Gasteiger partial charge < -0.3 is 9.47 Å². The molecule has 0 unspecified atom stereocenters. The lowest BCUT2D eigenvalue weighted by Gasteiger charge is -2.27. The Morgan fingerprint density at radius 1 is 1.06 bits per heavy atom. The fourth-order valence-corrected chi connectivity index (χ4v) is 4.09. The van der Waals surface area contributed by atoms with Crippen LogP contribution >= 0.6 is 0 Å². The van der Waals surface area contributed by atoms with E-state index in [4.69, 9.17) is 9.47 Å². The summed E-state index contributed by atoms with van der Waals surface area (Å²) in [6.45, 7) is 6.64. The van der Waals surface area contributed by atoms with Gasteiger partial charge in [-0.3, -0.25) is 9.10 Å². The molecule has 32 heavy (non-hydrogen) atoms. The highest BCUT2D eigenvalue weighted by molar-refractivity contribution is 7.92. The Labute approximate surface area is 190 Å². The summed E-state index contributed by atoms with van der Waals surface area (Å²) in [4.78, 5) is 12.6. The number of benzene rings is 2. The van der Waals surface area contributed by atoms with Crippen molar-refractivity contribution in [3.63, 3.8) is 0 Å². The third kappa shape index (κ3) is 7.56. The molecule has 0 radical (unpaired) electrons. The van der Waals surface area contributed by atoms with E-state index in [-0.39, 0.29) is 0 Å². The van der Waals surface area contributed by atoms with Gasteiger partial charge in [0.05, 0.1) is 31.4 Å². The normalized spacial score (nSPS) is 12.4. The van der Waals surface area contributed by atoms with E-state index in [1.54, 1.807) is 24.3 Å². The van der Waals surface area contributed by atoms with Crippen LogP contribution in [0.15, 0.2) is 53.6 Å². The maximum atomic E-state index is 12.6. The summed E-state index contributed by atoms with van der Waals surface area (Å²) in [6.07, 6.45) is 4.61. The zero-order valence-corrected chi connectivity index (χ0v) is 19.8. The summed E-state index contributed by atoms with van der Waals surface area (Å²) in [6, 6.07) is 12.8. The molecule has 1 atom stereocenters. The Bertz CT molecular complexity index is 989. The monoisotopic (exact) mass is 461 g/mol. The lowest BCUT2D eigenvalue weighted by atomic mass is 10.2. The summed E-state index contributed by atoms with van der Waals surface area (Å²) in [7, 11) is -3.71. The number of nitrogens with one attached hydrogen (secondary N) is 1. The average Bonchev–Trinajstić information content (AvgIpc) is 2.75. The second-order valence-corrected chi connectivity index (χ2v) is 9.03. The maximum Gasteiger partial charge on any atom is 0.263 e. The average molecular weight is 462 g/mol. The van der Waals surface area contributed by atoms with Gasteiger partial charge in [0.2, 0.25) is 10.0 Å². The highest BCUT2D eigenvalue weighted by atomic mass is 32.2. The number of ether oxygens (including phenoxy) is 2. The number of unbranched alkanes of at least 4 members (excludes halogenated alkanes) is 1.